The molecule has 0 aliphatic heterocycles. The predicted molar refractivity (Wildman–Crippen MR) is 71.3 cm³/mol. The van der Waals surface area contributed by atoms with Crippen LogP contribution in [0.1, 0.15) is 43.1 Å². The number of aryl methyl sites for hydroxylation is 1. The minimum atomic E-state index is -0.302. The zero-order valence-corrected chi connectivity index (χ0v) is 11.7. The Balaban J connectivity index is 2.89. The Hall–Kier alpha value is -0.830. The number of hydrogen-bond donors (Lipinski definition) is 0. The zero-order chi connectivity index (χ0) is 13.0. The van der Waals surface area contributed by atoms with Crippen molar-refractivity contribution in [2.45, 2.75) is 39.0 Å². The molecule has 0 aliphatic rings. The van der Waals surface area contributed by atoms with Crippen LogP contribution in [-0.4, -0.2) is 11.5 Å². The van der Waals surface area contributed by atoms with Crippen molar-refractivity contribution in [1.82, 2.24) is 0 Å². The summed E-state index contributed by atoms with van der Waals surface area (Å²) in [5.74, 6) is 1.23. The van der Waals surface area contributed by atoms with Gasteiger partial charge in [-0.3, -0.25) is 4.79 Å². The van der Waals surface area contributed by atoms with Crippen LogP contribution in [0.2, 0.25) is 0 Å². The Morgan fingerprint density at radius 2 is 2.06 bits per heavy atom. The molecule has 94 valence electrons. The first-order chi connectivity index (χ1) is 7.91. The quantitative estimate of drug-likeness (QED) is 0.569. The summed E-state index contributed by atoms with van der Waals surface area (Å²) < 4.78 is 13.4. The van der Waals surface area contributed by atoms with Gasteiger partial charge in [0.05, 0.1) is 0 Å². The van der Waals surface area contributed by atoms with E-state index in [1.54, 1.807) is 24.8 Å². The normalized spacial score (nSPS) is 10.9. The first-order valence-electron chi connectivity index (χ1n) is 5.85. The van der Waals surface area contributed by atoms with Gasteiger partial charge in [0.1, 0.15) is 5.82 Å². The summed E-state index contributed by atoms with van der Waals surface area (Å²) in [4.78, 5) is 12.3. The van der Waals surface area contributed by atoms with E-state index >= 15 is 0 Å². The van der Waals surface area contributed by atoms with Crippen LogP contribution in [0.4, 0.5) is 4.39 Å². The summed E-state index contributed by atoms with van der Waals surface area (Å²) >= 11 is 1.64. The molecule has 1 rings (SSSR count). The molecule has 0 amide bonds. The van der Waals surface area contributed by atoms with E-state index in [1.165, 1.54) is 13.0 Å². The third kappa shape index (κ3) is 4.15. The molecule has 0 saturated carbocycles. The molecule has 3 heteroatoms. The van der Waals surface area contributed by atoms with Gasteiger partial charge >= 0.3 is 0 Å². The van der Waals surface area contributed by atoms with Gasteiger partial charge in [-0.2, -0.15) is 0 Å². The Morgan fingerprint density at radius 3 is 2.59 bits per heavy atom. The van der Waals surface area contributed by atoms with Crippen molar-refractivity contribution < 1.29 is 9.18 Å². The molecule has 0 spiro atoms. The smallest absolute Gasteiger partial charge is 0.161 e. The average molecular weight is 254 g/mol. The molecule has 0 unspecified atom stereocenters. The summed E-state index contributed by atoms with van der Waals surface area (Å²) in [6.07, 6.45) is 1.10. The molecular weight excluding hydrogens is 235 g/mol. The number of hydrogen-bond acceptors (Lipinski definition) is 2. The third-order valence-electron chi connectivity index (χ3n) is 2.59. The monoisotopic (exact) mass is 254 g/mol. The number of carbonyl (C=O) groups excluding carboxylic acids is 1. The maximum absolute atomic E-state index is 13.4. The fraction of sp³-hybridized carbons (Fsp3) is 0.500. The standard InChI is InChI=1S/C14H19FOS/c1-9(2)5-6-17-14-7-10(3)13(15)8-12(14)11(4)16/h7-9H,5-6H2,1-4H3. The minimum absolute atomic E-state index is 0.0732. The first-order valence-corrected chi connectivity index (χ1v) is 6.84. The van der Waals surface area contributed by atoms with Gasteiger partial charge in [0, 0.05) is 10.5 Å². The summed E-state index contributed by atoms with van der Waals surface area (Å²) in [5, 5.41) is 0. The van der Waals surface area contributed by atoms with Crippen LogP contribution in [0.15, 0.2) is 17.0 Å². The molecule has 1 aromatic carbocycles. The predicted octanol–water partition coefficient (Wildman–Crippen LogP) is 4.47. The molecule has 0 aliphatic carbocycles. The number of halogens is 1. The molecule has 1 aromatic rings. The molecular formula is C14H19FOS. The lowest BCUT2D eigenvalue weighted by Gasteiger charge is -2.10. The van der Waals surface area contributed by atoms with Crippen LogP contribution in [0.25, 0.3) is 0 Å². The number of ketones is 1. The van der Waals surface area contributed by atoms with Crippen LogP contribution in [0.5, 0.6) is 0 Å². The molecule has 0 atom stereocenters. The molecule has 0 saturated heterocycles. The third-order valence-corrected chi connectivity index (χ3v) is 3.68. The Labute approximate surface area is 107 Å². The number of rotatable bonds is 5. The van der Waals surface area contributed by atoms with Crippen molar-refractivity contribution in [3.05, 3.63) is 29.1 Å². The highest BCUT2D eigenvalue weighted by Crippen LogP contribution is 2.27. The summed E-state index contributed by atoms with van der Waals surface area (Å²) in [5.41, 5.74) is 1.10. The highest BCUT2D eigenvalue weighted by Gasteiger charge is 2.11. The van der Waals surface area contributed by atoms with E-state index in [2.05, 4.69) is 13.8 Å². The fourth-order valence-electron chi connectivity index (χ4n) is 1.45. The maximum Gasteiger partial charge on any atom is 0.161 e. The second-order valence-electron chi connectivity index (χ2n) is 4.68. The SMILES string of the molecule is CC(=O)c1cc(F)c(C)cc1SCCC(C)C. The van der Waals surface area contributed by atoms with Gasteiger partial charge in [0.2, 0.25) is 0 Å². The lowest BCUT2D eigenvalue weighted by molar-refractivity contribution is 0.101. The van der Waals surface area contributed by atoms with Crippen molar-refractivity contribution in [2.75, 3.05) is 5.75 Å². The van der Waals surface area contributed by atoms with E-state index in [9.17, 15) is 9.18 Å². The molecule has 0 aromatic heterocycles. The van der Waals surface area contributed by atoms with Crippen LogP contribution >= 0.6 is 11.8 Å². The van der Waals surface area contributed by atoms with E-state index in [0.717, 1.165) is 17.1 Å². The lowest BCUT2D eigenvalue weighted by atomic mass is 10.1. The highest BCUT2D eigenvalue weighted by atomic mass is 32.2. The molecule has 1 nitrogen and oxygen atoms in total. The van der Waals surface area contributed by atoms with Gasteiger partial charge < -0.3 is 0 Å². The Bertz CT molecular complexity index is 413. The molecule has 0 radical (unpaired) electrons. The van der Waals surface area contributed by atoms with Crippen LogP contribution in [0.3, 0.4) is 0 Å². The van der Waals surface area contributed by atoms with Crippen molar-refractivity contribution >= 4 is 17.5 Å². The number of carbonyl (C=O) groups is 1. The van der Waals surface area contributed by atoms with Crippen LogP contribution < -0.4 is 0 Å². The van der Waals surface area contributed by atoms with Crippen molar-refractivity contribution in [2.24, 2.45) is 5.92 Å². The van der Waals surface area contributed by atoms with E-state index in [0.29, 0.717) is 17.0 Å². The van der Waals surface area contributed by atoms with E-state index < -0.39 is 0 Å². The number of thioether (sulfide) groups is 1. The largest absolute Gasteiger partial charge is 0.294 e. The van der Waals surface area contributed by atoms with Crippen molar-refractivity contribution in [1.29, 1.82) is 0 Å². The minimum Gasteiger partial charge on any atom is -0.294 e. The second kappa shape index (κ2) is 6.20. The van der Waals surface area contributed by atoms with Crippen molar-refractivity contribution in [3.63, 3.8) is 0 Å². The zero-order valence-electron chi connectivity index (χ0n) is 10.8. The van der Waals surface area contributed by atoms with Crippen LogP contribution in [0, 0.1) is 18.7 Å². The molecule has 0 N–H and O–H groups in total. The van der Waals surface area contributed by atoms with Gasteiger partial charge in [0.25, 0.3) is 0 Å². The Morgan fingerprint density at radius 1 is 1.41 bits per heavy atom. The first kappa shape index (κ1) is 14.2. The topological polar surface area (TPSA) is 17.1 Å². The van der Waals surface area contributed by atoms with Gasteiger partial charge in [-0.25, -0.2) is 4.39 Å². The van der Waals surface area contributed by atoms with Gasteiger partial charge in [-0.15, -0.1) is 11.8 Å². The number of Topliss-reactive ketones (excluding diaryl/α,β-unsaturated/α-hetero) is 1. The maximum atomic E-state index is 13.4. The molecule has 0 fully saturated rings. The molecule has 17 heavy (non-hydrogen) atoms. The molecule has 0 bridgehead atoms. The van der Waals surface area contributed by atoms with E-state index in [-0.39, 0.29) is 11.6 Å². The van der Waals surface area contributed by atoms with Gasteiger partial charge in [-0.05, 0) is 49.6 Å². The van der Waals surface area contributed by atoms with Crippen molar-refractivity contribution in [3.8, 4) is 0 Å². The second-order valence-corrected chi connectivity index (χ2v) is 5.82. The van der Waals surface area contributed by atoms with Gasteiger partial charge in [0.15, 0.2) is 5.78 Å². The highest BCUT2D eigenvalue weighted by molar-refractivity contribution is 7.99. The Kier molecular flexibility index (Phi) is 5.19. The average Bonchev–Trinajstić information content (AvgIpc) is 2.22. The summed E-state index contributed by atoms with van der Waals surface area (Å²) in [6, 6.07) is 3.13. The number of benzene rings is 1. The van der Waals surface area contributed by atoms with E-state index in [4.69, 9.17) is 0 Å². The fourth-order valence-corrected chi connectivity index (χ4v) is 2.88. The van der Waals surface area contributed by atoms with Gasteiger partial charge in [-0.1, -0.05) is 13.8 Å². The summed E-state index contributed by atoms with van der Waals surface area (Å²) in [6.45, 7) is 7.55. The van der Waals surface area contributed by atoms with Crippen LogP contribution in [-0.2, 0) is 0 Å². The molecule has 0 heterocycles. The lowest BCUT2D eigenvalue weighted by Crippen LogP contribution is -1.99. The summed E-state index contributed by atoms with van der Waals surface area (Å²) in [7, 11) is 0. The van der Waals surface area contributed by atoms with E-state index in [1.807, 2.05) is 0 Å².